The third kappa shape index (κ3) is 3.17. The SMILES string of the molecule is Cc1c(N)cccc1CNc1ccc(C(F)(F)F)nn1. The lowest BCUT2D eigenvalue weighted by Crippen LogP contribution is -2.11. The Kier molecular flexibility index (Phi) is 3.78. The number of hydrogen-bond acceptors (Lipinski definition) is 4. The normalized spacial score (nSPS) is 11.4. The average molecular weight is 282 g/mol. The molecular formula is C13H13F3N4. The van der Waals surface area contributed by atoms with Gasteiger partial charge in [-0.05, 0) is 36.2 Å². The Bertz CT molecular complexity index is 594. The van der Waals surface area contributed by atoms with Crippen LogP contribution < -0.4 is 11.1 Å². The highest BCUT2D eigenvalue weighted by molar-refractivity contribution is 5.51. The van der Waals surface area contributed by atoms with Crippen molar-refractivity contribution in [1.82, 2.24) is 10.2 Å². The number of hydrogen-bond donors (Lipinski definition) is 2. The first-order chi connectivity index (χ1) is 9.38. The van der Waals surface area contributed by atoms with Gasteiger partial charge in [0.1, 0.15) is 5.82 Å². The lowest BCUT2D eigenvalue weighted by atomic mass is 10.1. The zero-order valence-electron chi connectivity index (χ0n) is 10.7. The maximum atomic E-state index is 12.3. The molecule has 0 aliphatic carbocycles. The van der Waals surface area contributed by atoms with Crippen molar-refractivity contribution in [1.29, 1.82) is 0 Å². The molecule has 0 radical (unpaired) electrons. The van der Waals surface area contributed by atoms with Gasteiger partial charge in [0.05, 0.1) is 0 Å². The highest BCUT2D eigenvalue weighted by Crippen LogP contribution is 2.27. The first-order valence-corrected chi connectivity index (χ1v) is 5.86. The second kappa shape index (κ2) is 5.36. The smallest absolute Gasteiger partial charge is 0.399 e. The van der Waals surface area contributed by atoms with Crippen molar-refractivity contribution in [3.63, 3.8) is 0 Å². The van der Waals surface area contributed by atoms with E-state index in [9.17, 15) is 13.2 Å². The number of nitrogens with two attached hydrogens (primary N) is 1. The van der Waals surface area contributed by atoms with Crippen molar-refractivity contribution in [2.75, 3.05) is 11.1 Å². The molecule has 0 amide bonds. The number of rotatable bonds is 3. The van der Waals surface area contributed by atoms with Crippen molar-refractivity contribution >= 4 is 11.5 Å². The van der Waals surface area contributed by atoms with Gasteiger partial charge in [0.2, 0.25) is 0 Å². The predicted octanol–water partition coefficient (Wildman–Crippen LogP) is 3.00. The molecule has 0 fully saturated rings. The quantitative estimate of drug-likeness (QED) is 0.849. The van der Waals surface area contributed by atoms with Crippen molar-refractivity contribution in [3.8, 4) is 0 Å². The van der Waals surface area contributed by atoms with E-state index in [2.05, 4.69) is 15.5 Å². The molecule has 106 valence electrons. The summed E-state index contributed by atoms with van der Waals surface area (Å²) in [5, 5.41) is 9.55. The molecule has 4 nitrogen and oxygen atoms in total. The van der Waals surface area contributed by atoms with Gasteiger partial charge in [-0.25, -0.2) is 0 Å². The number of nitrogens with one attached hydrogen (secondary N) is 1. The van der Waals surface area contributed by atoms with E-state index in [4.69, 9.17) is 5.73 Å². The minimum atomic E-state index is -4.48. The van der Waals surface area contributed by atoms with Gasteiger partial charge in [-0.1, -0.05) is 12.1 Å². The van der Waals surface area contributed by atoms with Crippen LogP contribution in [-0.4, -0.2) is 10.2 Å². The van der Waals surface area contributed by atoms with Gasteiger partial charge in [0.25, 0.3) is 0 Å². The van der Waals surface area contributed by atoms with Crippen molar-refractivity contribution in [2.24, 2.45) is 0 Å². The molecule has 1 aromatic carbocycles. The van der Waals surface area contributed by atoms with Crippen LogP contribution in [0.3, 0.4) is 0 Å². The Morgan fingerprint density at radius 2 is 1.90 bits per heavy atom. The van der Waals surface area contributed by atoms with Crippen LogP contribution in [0.1, 0.15) is 16.8 Å². The summed E-state index contributed by atoms with van der Waals surface area (Å²) in [6.07, 6.45) is -4.48. The number of halogens is 3. The summed E-state index contributed by atoms with van der Waals surface area (Å²) in [4.78, 5) is 0. The fraction of sp³-hybridized carbons (Fsp3) is 0.231. The van der Waals surface area contributed by atoms with Gasteiger partial charge in [-0.15, -0.1) is 10.2 Å². The lowest BCUT2D eigenvalue weighted by molar-refractivity contribution is -0.141. The van der Waals surface area contributed by atoms with E-state index >= 15 is 0 Å². The molecule has 0 aliphatic heterocycles. The minimum absolute atomic E-state index is 0.278. The lowest BCUT2D eigenvalue weighted by Gasteiger charge is -2.10. The highest BCUT2D eigenvalue weighted by Gasteiger charge is 2.32. The van der Waals surface area contributed by atoms with Gasteiger partial charge in [0.15, 0.2) is 5.69 Å². The Labute approximate surface area is 113 Å². The van der Waals surface area contributed by atoms with E-state index in [1.807, 2.05) is 19.1 Å². The van der Waals surface area contributed by atoms with E-state index in [1.165, 1.54) is 6.07 Å². The summed E-state index contributed by atoms with van der Waals surface area (Å²) < 4.78 is 37.0. The van der Waals surface area contributed by atoms with E-state index in [1.54, 1.807) is 6.07 Å². The van der Waals surface area contributed by atoms with Crippen molar-refractivity contribution in [3.05, 3.63) is 47.2 Å². The summed E-state index contributed by atoms with van der Waals surface area (Å²) in [6.45, 7) is 2.29. The molecule has 0 saturated carbocycles. The molecule has 1 heterocycles. The van der Waals surface area contributed by atoms with Crippen LogP contribution in [0.2, 0.25) is 0 Å². The van der Waals surface area contributed by atoms with Crippen molar-refractivity contribution < 1.29 is 13.2 Å². The maximum Gasteiger partial charge on any atom is 0.435 e. The number of benzene rings is 1. The monoisotopic (exact) mass is 282 g/mol. The molecule has 2 rings (SSSR count). The van der Waals surface area contributed by atoms with Crippen LogP contribution in [0.5, 0.6) is 0 Å². The first-order valence-electron chi connectivity index (χ1n) is 5.86. The summed E-state index contributed by atoms with van der Waals surface area (Å²) in [5.74, 6) is 0.278. The molecule has 20 heavy (non-hydrogen) atoms. The molecule has 0 spiro atoms. The Hall–Kier alpha value is -2.31. The van der Waals surface area contributed by atoms with E-state index in [0.29, 0.717) is 12.2 Å². The van der Waals surface area contributed by atoms with Crippen LogP contribution in [-0.2, 0) is 12.7 Å². The van der Waals surface area contributed by atoms with Crippen LogP contribution in [0.25, 0.3) is 0 Å². The summed E-state index contributed by atoms with van der Waals surface area (Å²) in [6, 6.07) is 7.63. The third-order valence-electron chi connectivity index (χ3n) is 2.90. The van der Waals surface area contributed by atoms with E-state index in [-0.39, 0.29) is 5.82 Å². The Balaban J connectivity index is 2.06. The van der Waals surface area contributed by atoms with Crippen LogP contribution in [0.15, 0.2) is 30.3 Å². The standard InChI is InChI=1S/C13H13F3N4/c1-8-9(3-2-4-10(8)17)7-18-12-6-5-11(19-20-12)13(14,15)16/h2-6H,7,17H2,1H3,(H,18,20). The van der Waals surface area contributed by atoms with E-state index in [0.717, 1.165) is 17.2 Å². The topological polar surface area (TPSA) is 63.8 Å². The Morgan fingerprint density at radius 1 is 1.15 bits per heavy atom. The molecule has 3 N–H and O–H groups in total. The number of aromatic nitrogens is 2. The summed E-state index contributed by atoms with van der Waals surface area (Å²) in [5.41, 5.74) is 7.32. The van der Waals surface area contributed by atoms with Crippen molar-refractivity contribution in [2.45, 2.75) is 19.6 Å². The molecule has 0 unspecified atom stereocenters. The first kappa shape index (κ1) is 14.1. The number of nitrogen functional groups attached to an aromatic ring is 1. The average Bonchev–Trinajstić information content (AvgIpc) is 2.40. The van der Waals surface area contributed by atoms with Gasteiger partial charge in [-0.2, -0.15) is 13.2 Å². The fourth-order valence-corrected chi connectivity index (χ4v) is 1.66. The van der Waals surface area contributed by atoms with Gasteiger partial charge >= 0.3 is 6.18 Å². The zero-order chi connectivity index (χ0) is 14.8. The molecule has 0 atom stereocenters. The molecule has 7 heteroatoms. The third-order valence-corrected chi connectivity index (χ3v) is 2.90. The van der Waals surface area contributed by atoms with E-state index < -0.39 is 11.9 Å². The summed E-state index contributed by atoms with van der Waals surface area (Å²) >= 11 is 0. The second-order valence-corrected chi connectivity index (χ2v) is 4.29. The Morgan fingerprint density at radius 3 is 2.50 bits per heavy atom. The van der Waals surface area contributed by atoms with Crippen LogP contribution >= 0.6 is 0 Å². The molecule has 0 saturated heterocycles. The van der Waals surface area contributed by atoms with Gasteiger partial charge in [-0.3, -0.25) is 0 Å². The largest absolute Gasteiger partial charge is 0.435 e. The number of anilines is 2. The van der Waals surface area contributed by atoms with Crippen LogP contribution in [0.4, 0.5) is 24.7 Å². The second-order valence-electron chi connectivity index (χ2n) is 4.29. The number of alkyl halides is 3. The van der Waals surface area contributed by atoms with Crippen LogP contribution in [0, 0.1) is 6.92 Å². The molecule has 0 aliphatic rings. The molecular weight excluding hydrogens is 269 g/mol. The highest BCUT2D eigenvalue weighted by atomic mass is 19.4. The fourth-order valence-electron chi connectivity index (χ4n) is 1.66. The number of nitrogens with zero attached hydrogens (tertiary/aromatic N) is 2. The molecule has 2 aromatic rings. The predicted molar refractivity (Wildman–Crippen MR) is 70.0 cm³/mol. The van der Waals surface area contributed by atoms with Gasteiger partial charge in [0, 0.05) is 12.2 Å². The zero-order valence-corrected chi connectivity index (χ0v) is 10.7. The summed E-state index contributed by atoms with van der Waals surface area (Å²) in [7, 11) is 0. The molecule has 1 aromatic heterocycles. The maximum absolute atomic E-state index is 12.3. The molecule has 0 bridgehead atoms. The minimum Gasteiger partial charge on any atom is -0.399 e. The van der Waals surface area contributed by atoms with Gasteiger partial charge < -0.3 is 11.1 Å².